The Morgan fingerprint density at radius 2 is 2.14 bits per heavy atom. The van der Waals surface area contributed by atoms with Gasteiger partial charge >= 0.3 is 0 Å². The van der Waals surface area contributed by atoms with Gasteiger partial charge in [0.05, 0.1) is 28.6 Å². The van der Waals surface area contributed by atoms with E-state index in [1.54, 1.807) is 24.5 Å². The number of nitrogens with one attached hydrogen (secondary N) is 3. The van der Waals surface area contributed by atoms with Gasteiger partial charge in [0.2, 0.25) is 11.8 Å². The van der Waals surface area contributed by atoms with Crippen molar-refractivity contribution in [2.24, 2.45) is 0 Å². The maximum Gasteiger partial charge on any atom is 0.247 e. The maximum atomic E-state index is 12.6. The van der Waals surface area contributed by atoms with Crippen LogP contribution >= 0.6 is 11.3 Å². The van der Waals surface area contributed by atoms with Crippen molar-refractivity contribution in [2.75, 3.05) is 12.4 Å². The molecule has 8 heteroatoms. The molecule has 1 saturated heterocycles. The summed E-state index contributed by atoms with van der Waals surface area (Å²) in [6, 6.07) is 13.4. The highest BCUT2D eigenvalue weighted by Gasteiger charge is 2.28. The molecule has 29 heavy (non-hydrogen) atoms. The topological polar surface area (TPSA) is 96.1 Å². The Balaban J connectivity index is 1.57. The fourth-order valence-corrected chi connectivity index (χ4v) is 4.76. The summed E-state index contributed by atoms with van der Waals surface area (Å²) in [5.41, 5.74) is 2.15. The third-order valence-corrected chi connectivity index (χ3v) is 6.24. The van der Waals surface area contributed by atoms with Gasteiger partial charge in [-0.3, -0.25) is 14.7 Å². The van der Waals surface area contributed by atoms with E-state index in [9.17, 15) is 9.59 Å². The molecule has 2 aromatic heterocycles. The van der Waals surface area contributed by atoms with E-state index >= 15 is 0 Å². The quantitative estimate of drug-likeness (QED) is 0.482. The Labute approximate surface area is 170 Å². The third kappa shape index (κ3) is 3.01. The third-order valence-electron chi connectivity index (χ3n) is 5.12. The number of hydrogen-bond acceptors (Lipinski definition) is 5. The second kappa shape index (κ2) is 6.89. The molecule has 3 heterocycles. The predicted octanol–water partition coefficient (Wildman–Crippen LogP) is 3.67. The van der Waals surface area contributed by atoms with Gasteiger partial charge in [-0.1, -0.05) is 18.2 Å². The SMILES string of the molecule is COc1c(NC(=O)[C@@H]2CCC(=O)N2)ccc2[nH]nc(-c3cc4ccccc4s3)c12. The second-order valence-electron chi connectivity index (χ2n) is 6.94. The Bertz CT molecular complexity index is 1230. The van der Waals surface area contributed by atoms with Gasteiger partial charge in [0.15, 0.2) is 5.75 Å². The first kappa shape index (κ1) is 17.7. The van der Waals surface area contributed by atoms with Gasteiger partial charge in [-0.2, -0.15) is 5.10 Å². The summed E-state index contributed by atoms with van der Waals surface area (Å²) in [4.78, 5) is 25.0. The standard InChI is InChI=1S/C21H18N4O3S/c1-28-20-13(23-21(27)14-8-9-17(26)22-14)7-6-12-18(20)19(25-24-12)16-10-11-4-2-3-5-15(11)29-16/h2-7,10,14H,8-9H2,1H3,(H,22,26)(H,23,27)(H,24,25)/t14-/m0/s1. The van der Waals surface area contributed by atoms with E-state index in [1.807, 2.05) is 18.2 Å². The number of hydrogen-bond donors (Lipinski definition) is 3. The number of aromatic amines is 1. The molecule has 1 atom stereocenters. The van der Waals surface area contributed by atoms with Crippen molar-refractivity contribution >= 4 is 49.8 Å². The number of amides is 2. The number of aromatic nitrogens is 2. The highest BCUT2D eigenvalue weighted by molar-refractivity contribution is 7.22. The molecule has 1 fully saturated rings. The number of thiophene rings is 1. The fourth-order valence-electron chi connectivity index (χ4n) is 3.70. The van der Waals surface area contributed by atoms with Gasteiger partial charge in [0.25, 0.3) is 0 Å². The lowest BCUT2D eigenvalue weighted by molar-refractivity contribution is -0.122. The van der Waals surface area contributed by atoms with Gasteiger partial charge in [-0.15, -0.1) is 11.3 Å². The Kier molecular flexibility index (Phi) is 4.21. The van der Waals surface area contributed by atoms with Crippen molar-refractivity contribution in [1.29, 1.82) is 0 Å². The van der Waals surface area contributed by atoms with E-state index in [4.69, 9.17) is 4.74 Å². The van der Waals surface area contributed by atoms with Gasteiger partial charge in [0.1, 0.15) is 11.7 Å². The van der Waals surface area contributed by atoms with Crippen LogP contribution in [0.2, 0.25) is 0 Å². The number of fused-ring (bicyclic) bond motifs is 2. The van der Waals surface area contributed by atoms with E-state index in [2.05, 4.69) is 39.0 Å². The average molecular weight is 406 g/mol. The van der Waals surface area contributed by atoms with Crippen molar-refractivity contribution in [2.45, 2.75) is 18.9 Å². The highest BCUT2D eigenvalue weighted by atomic mass is 32.1. The highest BCUT2D eigenvalue weighted by Crippen LogP contribution is 2.42. The summed E-state index contributed by atoms with van der Waals surface area (Å²) in [5, 5.41) is 15.1. The minimum Gasteiger partial charge on any atom is -0.494 e. The largest absolute Gasteiger partial charge is 0.494 e. The summed E-state index contributed by atoms with van der Waals surface area (Å²) >= 11 is 1.66. The number of ether oxygens (including phenoxy) is 1. The van der Waals surface area contributed by atoms with Crippen LogP contribution < -0.4 is 15.4 Å². The monoisotopic (exact) mass is 406 g/mol. The summed E-state index contributed by atoms with van der Waals surface area (Å²) in [7, 11) is 1.57. The van der Waals surface area contributed by atoms with Gasteiger partial charge in [-0.05, 0) is 36.1 Å². The van der Waals surface area contributed by atoms with E-state index in [0.29, 0.717) is 24.3 Å². The van der Waals surface area contributed by atoms with Crippen molar-refractivity contribution in [1.82, 2.24) is 15.5 Å². The maximum absolute atomic E-state index is 12.6. The van der Waals surface area contributed by atoms with Crippen LogP contribution in [0.5, 0.6) is 5.75 Å². The molecule has 146 valence electrons. The van der Waals surface area contributed by atoms with Crippen LogP contribution in [0.25, 0.3) is 31.6 Å². The van der Waals surface area contributed by atoms with Crippen LogP contribution in [-0.2, 0) is 9.59 Å². The lowest BCUT2D eigenvalue weighted by Gasteiger charge is -2.14. The van der Waals surface area contributed by atoms with Crippen molar-refractivity contribution in [3.63, 3.8) is 0 Å². The molecule has 0 aliphatic carbocycles. The van der Waals surface area contributed by atoms with Crippen LogP contribution in [0.15, 0.2) is 42.5 Å². The number of carbonyl (C=O) groups is 2. The number of H-pyrrole nitrogens is 1. The predicted molar refractivity (Wildman–Crippen MR) is 113 cm³/mol. The van der Waals surface area contributed by atoms with Crippen LogP contribution in [0.1, 0.15) is 12.8 Å². The summed E-state index contributed by atoms with van der Waals surface area (Å²) in [5.74, 6) is 0.191. The van der Waals surface area contributed by atoms with Gasteiger partial charge in [-0.25, -0.2) is 0 Å². The van der Waals surface area contributed by atoms with Crippen molar-refractivity contribution in [3.8, 4) is 16.3 Å². The van der Waals surface area contributed by atoms with Gasteiger partial charge in [0, 0.05) is 11.1 Å². The molecule has 2 amide bonds. The zero-order valence-electron chi connectivity index (χ0n) is 15.6. The molecule has 3 N–H and O–H groups in total. The summed E-state index contributed by atoms with van der Waals surface area (Å²) in [6.45, 7) is 0. The number of rotatable bonds is 4. The Morgan fingerprint density at radius 1 is 1.28 bits per heavy atom. The molecular weight excluding hydrogens is 388 g/mol. The molecule has 0 unspecified atom stereocenters. The molecule has 7 nitrogen and oxygen atoms in total. The Morgan fingerprint density at radius 3 is 2.90 bits per heavy atom. The number of anilines is 1. The molecule has 0 radical (unpaired) electrons. The molecule has 0 spiro atoms. The number of benzene rings is 2. The van der Waals surface area contributed by atoms with E-state index in [1.165, 1.54) is 4.70 Å². The molecule has 1 aliphatic rings. The minimum atomic E-state index is -0.519. The minimum absolute atomic E-state index is 0.102. The van der Waals surface area contributed by atoms with Crippen LogP contribution in [0, 0.1) is 0 Å². The lowest BCUT2D eigenvalue weighted by Crippen LogP contribution is -2.37. The smallest absolute Gasteiger partial charge is 0.247 e. The first-order valence-corrected chi connectivity index (χ1v) is 10.1. The molecule has 2 aromatic carbocycles. The lowest BCUT2D eigenvalue weighted by atomic mass is 10.1. The van der Waals surface area contributed by atoms with E-state index in [0.717, 1.165) is 26.9 Å². The molecule has 0 bridgehead atoms. The second-order valence-corrected chi connectivity index (χ2v) is 8.02. The molecule has 1 aliphatic heterocycles. The number of nitrogens with zero attached hydrogens (tertiary/aromatic N) is 1. The van der Waals surface area contributed by atoms with Gasteiger partial charge < -0.3 is 15.4 Å². The van der Waals surface area contributed by atoms with Crippen LogP contribution in [0.3, 0.4) is 0 Å². The molecular formula is C21H18N4O3S. The average Bonchev–Trinajstić information content (AvgIpc) is 3.44. The van der Waals surface area contributed by atoms with E-state index in [-0.39, 0.29) is 11.8 Å². The molecule has 5 rings (SSSR count). The first-order chi connectivity index (χ1) is 14.1. The van der Waals surface area contributed by atoms with Crippen molar-refractivity contribution < 1.29 is 14.3 Å². The van der Waals surface area contributed by atoms with Crippen LogP contribution in [0.4, 0.5) is 5.69 Å². The fraction of sp³-hybridized carbons (Fsp3) is 0.190. The number of carbonyl (C=O) groups excluding carboxylic acids is 2. The normalized spacial score (nSPS) is 16.3. The molecule has 0 saturated carbocycles. The van der Waals surface area contributed by atoms with Crippen LogP contribution in [-0.4, -0.2) is 35.2 Å². The number of methoxy groups -OCH3 is 1. The van der Waals surface area contributed by atoms with Crippen molar-refractivity contribution in [3.05, 3.63) is 42.5 Å². The molecule has 4 aromatic rings. The summed E-state index contributed by atoms with van der Waals surface area (Å²) < 4.78 is 6.86. The Hall–Kier alpha value is -3.39. The summed E-state index contributed by atoms with van der Waals surface area (Å²) in [6.07, 6.45) is 0.861. The zero-order valence-corrected chi connectivity index (χ0v) is 16.4. The van der Waals surface area contributed by atoms with E-state index < -0.39 is 6.04 Å². The first-order valence-electron chi connectivity index (χ1n) is 9.28. The zero-order chi connectivity index (χ0) is 20.0.